The number of carboxylic acids is 1. The fraction of sp³-hybridized carbons (Fsp3) is 0.818. The van der Waals surface area contributed by atoms with Crippen LogP contribution in [0.2, 0.25) is 0 Å². The molecule has 1 amide bonds. The molecule has 1 aliphatic carbocycles. The Morgan fingerprint density at radius 3 is 2.59 bits per heavy atom. The van der Waals surface area contributed by atoms with Crippen molar-refractivity contribution in [3.63, 3.8) is 0 Å². The number of amides is 1. The summed E-state index contributed by atoms with van der Waals surface area (Å²) in [6, 6.07) is 0. The number of carbonyl (C=O) groups is 2. The zero-order valence-electron chi connectivity index (χ0n) is 9.93. The first-order chi connectivity index (χ1) is 7.89. The molecule has 1 aliphatic heterocycles. The smallest absolute Gasteiger partial charge is 0.307 e. The summed E-state index contributed by atoms with van der Waals surface area (Å²) in [5, 5.41) is 11.4. The molecule has 6 nitrogen and oxygen atoms in total. The van der Waals surface area contributed by atoms with Gasteiger partial charge in [-0.1, -0.05) is 0 Å². The summed E-state index contributed by atoms with van der Waals surface area (Å²) in [4.78, 5) is 22.2. The van der Waals surface area contributed by atoms with Crippen molar-refractivity contribution in [3.05, 3.63) is 0 Å². The van der Waals surface area contributed by atoms with E-state index in [1.165, 1.54) is 0 Å². The van der Waals surface area contributed by atoms with Gasteiger partial charge in [-0.15, -0.1) is 0 Å². The fourth-order valence-electron chi connectivity index (χ4n) is 1.97. The Morgan fingerprint density at radius 1 is 1.41 bits per heavy atom. The van der Waals surface area contributed by atoms with E-state index < -0.39 is 17.7 Å². The molecule has 3 atom stereocenters. The highest BCUT2D eigenvalue weighted by Crippen LogP contribution is 2.38. The van der Waals surface area contributed by atoms with Crippen LogP contribution in [0.4, 0.5) is 0 Å². The average Bonchev–Trinajstić information content (AvgIpc) is 2.95. The van der Waals surface area contributed by atoms with Crippen LogP contribution in [0.1, 0.15) is 20.3 Å². The topological polar surface area (TPSA) is 84.9 Å². The lowest BCUT2D eigenvalue weighted by atomic mass is 10.3. The van der Waals surface area contributed by atoms with Gasteiger partial charge < -0.3 is 19.9 Å². The number of carboxylic acid groups (broad SMARTS) is 1. The molecule has 6 heteroatoms. The minimum absolute atomic E-state index is 0.157. The Hall–Kier alpha value is -1.14. The van der Waals surface area contributed by atoms with Gasteiger partial charge in [0.2, 0.25) is 5.91 Å². The summed E-state index contributed by atoms with van der Waals surface area (Å²) in [6.07, 6.45) is 0.283. The molecule has 0 aromatic rings. The van der Waals surface area contributed by atoms with E-state index in [-0.39, 0.29) is 17.9 Å². The maximum Gasteiger partial charge on any atom is 0.307 e. The van der Waals surface area contributed by atoms with Gasteiger partial charge in [0, 0.05) is 6.54 Å². The monoisotopic (exact) mass is 243 g/mol. The van der Waals surface area contributed by atoms with Crippen LogP contribution in [0.5, 0.6) is 0 Å². The van der Waals surface area contributed by atoms with Crippen LogP contribution in [-0.2, 0) is 19.1 Å². The normalized spacial score (nSPS) is 34.4. The van der Waals surface area contributed by atoms with Gasteiger partial charge in [0.15, 0.2) is 5.79 Å². The first kappa shape index (κ1) is 12.3. The lowest BCUT2D eigenvalue weighted by Crippen LogP contribution is -2.35. The number of carbonyl (C=O) groups excluding carboxylic acids is 1. The van der Waals surface area contributed by atoms with Gasteiger partial charge in [0.05, 0.1) is 18.4 Å². The van der Waals surface area contributed by atoms with Crippen molar-refractivity contribution in [3.8, 4) is 0 Å². The molecule has 0 radical (unpaired) electrons. The summed E-state index contributed by atoms with van der Waals surface area (Å²) >= 11 is 0. The summed E-state index contributed by atoms with van der Waals surface area (Å²) in [7, 11) is 0. The third-order valence-corrected chi connectivity index (χ3v) is 3.02. The second-order valence-electron chi connectivity index (χ2n) is 4.98. The van der Waals surface area contributed by atoms with Crippen molar-refractivity contribution in [1.29, 1.82) is 0 Å². The van der Waals surface area contributed by atoms with E-state index in [2.05, 4.69) is 5.32 Å². The molecule has 96 valence electrons. The van der Waals surface area contributed by atoms with E-state index in [0.717, 1.165) is 0 Å². The molecular weight excluding hydrogens is 226 g/mol. The van der Waals surface area contributed by atoms with Crippen molar-refractivity contribution in [2.45, 2.75) is 32.2 Å². The number of aliphatic carboxylic acids is 1. The zero-order chi connectivity index (χ0) is 12.6. The van der Waals surface area contributed by atoms with Gasteiger partial charge in [-0.3, -0.25) is 9.59 Å². The quantitative estimate of drug-likeness (QED) is 0.724. The first-order valence-corrected chi connectivity index (χ1v) is 5.71. The Bertz CT molecular complexity index is 341. The Labute approximate surface area is 99.3 Å². The van der Waals surface area contributed by atoms with E-state index in [9.17, 15) is 9.59 Å². The number of hydrogen-bond acceptors (Lipinski definition) is 4. The number of ether oxygens (including phenoxy) is 2. The first-order valence-electron chi connectivity index (χ1n) is 5.71. The van der Waals surface area contributed by atoms with E-state index in [1.54, 1.807) is 0 Å². The van der Waals surface area contributed by atoms with Crippen molar-refractivity contribution in [2.24, 2.45) is 11.8 Å². The maximum atomic E-state index is 11.6. The van der Waals surface area contributed by atoms with E-state index in [1.807, 2.05) is 13.8 Å². The molecule has 2 rings (SSSR count). The molecule has 0 aromatic heterocycles. The molecule has 1 saturated carbocycles. The van der Waals surface area contributed by atoms with Crippen LogP contribution in [0, 0.1) is 11.8 Å². The third kappa shape index (κ3) is 2.95. The third-order valence-electron chi connectivity index (χ3n) is 3.02. The minimum Gasteiger partial charge on any atom is -0.481 e. The van der Waals surface area contributed by atoms with Crippen molar-refractivity contribution >= 4 is 11.9 Å². The molecule has 3 unspecified atom stereocenters. The van der Waals surface area contributed by atoms with Crippen LogP contribution in [-0.4, -0.2) is 42.0 Å². The van der Waals surface area contributed by atoms with Gasteiger partial charge in [-0.05, 0) is 20.3 Å². The molecule has 17 heavy (non-hydrogen) atoms. The predicted octanol–water partition coefficient (Wildman–Crippen LogP) is -0.0252. The number of rotatable bonds is 4. The van der Waals surface area contributed by atoms with Crippen molar-refractivity contribution < 1.29 is 24.2 Å². The van der Waals surface area contributed by atoms with Gasteiger partial charge in [0.25, 0.3) is 0 Å². The molecule has 0 aromatic carbocycles. The number of hydrogen-bond donors (Lipinski definition) is 2. The van der Waals surface area contributed by atoms with Crippen molar-refractivity contribution in [1.82, 2.24) is 5.32 Å². The summed E-state index contributed by atoms with van der Waals surface area (Å²) < 4.78 is 10.9. The fourth-order valence-corrected chi connectivity index (χ4v) is 1.97. The summed E-state index contributed by atoms with van der Waals surface area (Å²) in [5.41, 5.74) is 0. The zero-order valence-corrected chi connectivity index (χ0v) is 9.93. The van der Waals surface area contributed by atoms with Gasteiger partial charge >= 0.3 is 5.97 Å². The molecular formula is C11H17NO5. The second kappa shape index (κ2) is 4.27. The maximum absolute atomic E-state index is 11.6. The Kier molecular flexibility index (Phi) is 3.09. The molecule has 1 saturated heterocycles. The number of nitrogens with one attached hydrogen (secondary N) is 1. The van der Waals surface area contributed by atoms with E-state index in [0.29, 0.717) is 19.6 Å². The van der Waals surface area contributed by atoms with Crippen LogP contribution in [0.25, 0.3) is 0 Å². The molecule has 2 fully saturated rings. The van der Waals surface area contributed by atoms with Crippen LogP contribution >= 0.6 is 0 Å². The highest BCUT2D eigenvalue weighted by atomic mass is 16.7. The van der Waals surface area contributed by atoms with E-state index >= 15 is 0 Å². The Morgan fingerprint density at radius 2 is 2.12 bits per heavy atom. The lowest BCUT2D eigenvalue weighted by molar-refractivity contribution is -0.141. The van der Waals surface area contributed by atoms with Gasteiger partial charge in [-0.25, -0.2) is 0 Å². The Balaban J connectivity index is 1.70. The second-order valence-corrected chi connectivity index (χ2v) is 4.98. The molecule has 1 heterocycles. The molecule has 2 aliphatic rings. The lowest BCUT2D eigenvalue weighted by Gasteiger charge is -2.17. The van der Waals surface area contributed by atoms with Crippen LogP contribution in [0.3, 0.4) is 0 Å². The molecule has 0 bridgehead atoms. The largest absolute Gasteiger partial charge is 0.481 e. The standard InChI is InChI=1S/C11H17NO5/c1-11(2)16-5-6(17-11)4-12-9(13)7-3-8(7)10(14)15/h6-8H,3-5H2,1-2H3,(H,12,13)(H,14,15). The predicted molar refractivity (Wildman–Crippen MR) is 57.1 cm³/mol. The average molecular weight is 243 g/mol. The summed E-state index contributed by atoms with van der Waals surface area (Å²) in [5.74, 6) is -2.58. The highest BCUT2D eigenvalue weighted by Gasteiger charge is 2.48. The highest BCUT2D eigenvalue weighted by molar-refractivity contribution is 5.89. The molecule has 0 spiro atoms. The minimum atomic E-state index is -0.897. The SMILES string of the molecule is CC1(C)OCC(CNC(=O)C2CC2C(=O)O)O1. The van der Waals surface area contributed by atoms with E-state index in [4.69, 9.17) is 14.6 Å². The van der Waals surface area contributed by atoms with Crippen LogP contribution in [0.15, 0.2) is 0 Å². The van der Waals surface area contributed by atoms with Crippen LogP contribution < -0.4 is 5.32 Å². The van der Waals surface area contributed by atoms with Gasteiger partial charge in [0.1, 0.15) is 6.10 Å². The molecule has 2 N–H and O–H groups in total. The summed E-state index contributed by atoms with van der Waals surface area (Å²) in [6.45, 7) is 4.44. The van der Waals surface area contributed by atoms with Gasteiger partial charge in [-0.2, -0.15) is 0 Å². The van der Waals surface area contributed by atoms with Crippen molar-refractivity contribution in [2.75, 3.05) is 13.2 Å².